The third-order valence-electron chi connectivity index (χ3n) is 0.687. The van der Waals surface area contributed by atoms with E-state index in [2.05, 4.69) is 15.0 Å². The Balaban J connectivity index is -0.0000000651. The normalized spacial score (nSPS) is 11.2. The van der Waals surface area contributed by atoms with Crippen LogP contribution in [-0.4, -0.2) is 75.1 Å². The maximum absolute atomic E-state index is 8.85. The van der Waals surface area contributed by atoms with Gasteiger partial charge in [-0.15, -0.1) is 0 Å². The molecule has 0 radical (unpaired) electrons. The topological polar surface area (TPSA) is 714 Å². The van der Waals surface area contributed by atoms with Crippen molar-refractivity contribution in [2.75, 3.05) is 17.2 Å². The van der Waals surface area contributed by atoms with Crippen LogP contribution in [0, 0.1) is 0 Å². The van der Waals surface area contributed by atoms with Gasteiger partial charge in [-0.05, 0) is 0 Å². The molecular weight excluding hydrogens is 1400 g/mol. The average Bonchev–Trinajstić information content (AvgIpc) is 2.47. The van der Waals surface area contributed by atoms with E-state index in [4.69, 9.17) is 132 Å². The number of rotatable bonds is 0. The minimum absolute atomic E-state index is 0.0417. The third kappa shape index (κ3) is 700. The molecule has 1 aromatic heterocycles. The molecule has 0 spiro atoms. The second kappa shape index (κ2) is 29.5. The summed E-state index contributed by atoms with van der Waals surface area (Å²) in [6.07, 6.45) is 0. The van der Waals surface area contributed by atoms with Crippen LogP contribution >= 0.6 is 0 Å². The SMILES string of the molecule is Nc1nc(N)nc(N)n1.[O]=[Mo](=[O])([OH])[OH].[O]=[Mo](=[O])([OH])[OH].[O]=[Mo](=[O])([OH])[OH].[O]=[Mo](=[O])([OH])[OH].[O]=[Mo](=[O])([OH])[OH].[O]=[Mo](=[O])([OH])[OH].[O]=[Mo](=[O])([OH])[OH].[O]=[Mo](=[O])([OH])[OH]. The van der Waals surface area contributed by atoms with E-state index in [1.165, 1.54) is 0 Å². The first kappa shape index (κ1) is 67.2. The summed E-state index contributed by atoms with van der Waals surface area (Å²) < 4.78 is 256. The Labute approximate surface area is 294 Å². The Hall–Kier alpha value is 0.0765. The van der Waals surface area contributed by atoms with Crippen LogP contribution in [0.2, 0.25) is 0 Å². The van der Waals surface area contributed by atoms with Crippen molar-refractivity contribution in [3.63, 3.8) is 0 Å². The molecule has 0 aliphatic rings. The molecule has 1 heterocycles. The summed E-state index contributed by atoms with van der Waals surface area (Å²) in [4.78, 5) is 10.5. The van der Waals surface area contributed by atoms with Crippen LogP contribution < -0.4 is 17.2 Å². The van der Waals surface area contributed by atoms with E-state index in [1.807, 2.05) is 0 Å². The van der Waals surface area contributed by atoms with Gasteiger partial charge in [-0.3, -0.25) is 0 Å². The fraction of sp³-hybridized carbons (Fsp3) is 0. The van der Waals surface area contributed by atoms with Crippen LogP contribution in [0.1, 0.15) is 0 Å². The second-order valence-electron chi connectivity index (χ2n) is 4.99. The number of nitrogen functional groups attached to an aromatic ring is 3. The summed E-state index contributed by atoms with van der Waals surface area (Å²) in [7, 11) is 0. The molecule has 0 bridgehead atoms. The van der Waals surface area contributed by atoms with E-state index >= 15 is 0 Å². The van der Waals surface area contributed by atoms with Crippen molar-refractivity contribution < 1.29 is 248 Å². The first-order valence-electron chi connectivity index (χ1n) is 7.80. The zero-order valence-corrected chi connectivity index (χ0v) is 37.6. The summed E-state index contributed by atoms with van der Waals surface area (Å²) in [6.45, 7) is 0. The first-order chi connectivity index (χ1) is 20.2. The Morgan fingerprint density at radius 2 is 0.286 bits per heavy atom. The molecule has 304 valence electrons. The van der Waals surface area contributed by atoms with Crippen LogP contribution in [0.3, 0.4) is 0 Å². The Morgan fingerprint density at radius 3 is 0.327 bits per heavy atom. The fourth-order valence-electron chi connectivity index (χ4n) is 0.427. The van der Waals surface area contributed by atoms with Crippen molar-refractivity contribution in [2.45, 2.75) is 0 Å². The van der Waals surface area contributed by atoms with Gasteiger partial charge in [0.2, 0.25) is 17.8 Å². The molecule has 0 atom stereocenters. The molecule has 0 aliphatic carbocycles. The monoisotopic (exact) mass is 1440 g/mol. The van der Waals surface area contributed by atoms with Gasteiger partial charge < -0.3 is 17.2 Å². The molecule has 1 rings (SSSR count). The Kier molecular flexibility index (Phi) is 40.5. The van der Waals surface area contributed by atoms with E-state index in [-0.39, 0.29) is 17.8 Å². The molecule has 0 fully saturated rings. The molecule has 0 unspecified atom stereocenters. The number of hydrogen-bond donors (Lipinski definition) is 19. The van der Waals surface area contributed by atoms with Crippen molar-refractivity contribution in [2.24, 2.45) is 0 Å². The van der Waals surface area contributed by atoms with Crippen LogP contribution in [0.4, 0.5) is 17.8 Å². The fourth-order valence-corrected chi connectivity index (χ4v) is 0.427. The van der Waals surface area contributed by atoms with Crippen molar-refractivity contribution in [3.05, 3.63) is 0 Å². The van der Waals surface area contributed by atoms with Gasteiger partial charge in [0.05, 0.1) is 0 Å². The van der Waals surface area contributed by atoms with E-state index < -0.39 is 134 Å². The van der Waals surface area contributed by atoms with Crippen LogP contribution in [-0.2, 0) is 188 Å². The quantitative estimate of drug-likeness (QED) is 0.107. The second-order valence-corrected chi connectivity index (χ2v) is 22.6. The van der Waals surface area contributed by atoms with Crippen molar-refractivity contribution in [1.82, 2.24) is 15.0 Å². The average molecular weight is 1420 g/mol. The number of nitrogens with zero attached hydrogens (tertiary/aromatic N) is 3. The van der Waals surface area contributed by atoms with Gasteiger partial charge in [0, 0.05) is 0 Å². The van der Waals surface area contributed by atoms with Crippen molar-refractivity contribution in [1.29, 1.82) is 0 Å². The molecule has 38 nitrogen and oxygen atoms in total. The molecule has 0 aliphatic heterocycles. The molecular formula is C3H22Mo8N6O32. The predicted octanol–water partition coefficient (Wildman–Crippen LogP) is -12.2. The molecule has 0 saturated carbocycles. The molecule has 0 saturated heterocycles. The molecule has 49 heavy (non-hydrogen) atoms. The number of hydrogen-bond acceptors (Lipinski definition) is 22. The zero-order chi connectivity index (χ0) is 42.9. The van der Waals surface area contributed by atoms with Gasteiger partial charge in [-0.2, -0.15) is 15.0 Å². The van der Waals surface area contributed by atoms with E-state index in [0.717, 1.165) is 0 Å². The predicted molar refractivity (Wildman–Crippen MR) is 79.5 cm³/mol. The zero-order valence-electron chi connectivity index (χ0n) is 21.5. The van der Waals surface area contributed by atoms with E-state index in [0.29, 0.717) is 0 Å². The molecule has 0 amide bonds. The number of anilines is 3. The summed E-state index contributed by atoms with van der Waals surface area (Å²) in [5, 5.41) is 0. The van der Waals surface area contributed by atoms with Crippen molar-refractivity contribution in [3.8, 4) is 0 Å². The minimum atomic E-state index is -5.52. The first-order valence-corrected chi connectivity index (χ1v) is 35.3. The van der Waals surface area contributed by atoms with Crippen LogP contribution in [0.15, 0.2) is 0 Å². The van der Waals surface area contributed by atoms with Gasteiger partial charge in [-0.25, -0.2) is 0 Å². The summed E-state index contributed by atoms with van der Waals surface area (Å²) in [5.41, 5.74) is 15.4. The van der Waals surface area contributed by atoms with Gasteiger partial charge in [-0.1, -0.05) is 0 Å². The van der Waals surface area contributed by atoms with Gasteiger partial charge >= 0.3 is 248 Å². The van der Waals surface area contributed by atoms with E-state index in [9.17, 15) is 0 Å². The number of aromatic nitrogens is 3. The summed E-state index contributed by atoms with van der Waals surface area (Å²) >= 11 is -44.2. The molecule has 0 aromatic carbocycles. The van der Waals surface area contributed by atoms with Gasteiger partial charge in [0.25, 0.3) is 0 Å². The summed E-state index contributed by atoms with van der Waals surface area (Å²) in [5.74, 6) is 0.125. The van der Waals surface area contributed by atoms with Gasteiger partial charge in [0.15, 0.2) is 0 Å². The summed E-state index contributed by atoms with van der Waals surface area (Å²) in [6, 6.07) is 0. The molecule has 1 aromatic rings. The standard InChI is InChI=1S/C3H6N6.8Mo.16H2O.16O/c4-1-7-2(5)9-3(6)8-1;;;;;;;;;;;;;;;;;;;;;;;;;;;;;;;;;;;;;;;;/h(H6,4,5,6,7,8,9);;;;;;;;;16*1H2;;;;;;;;;;;;;;;;/q;8*+2;;;;;;;;;;;;;;;;;;;;;;;;;;;;;;;;/p-16. The Bertz CT molecular complexity index is 1450. The van der Waals surface area contributed by atoms with E-state index in [1.54, 1.807) is 0 Å². The maximum atomic E-state index is 8.85. The van der Waals surface area contributed by atoms with Crippen molar-refractivity contribution >= 4 is 17.8 Å². The van der Waals surface area contributed by atoms with Crippen LogP contribution in [0.5, 0.6) is 0 Å². The molecule has 46 heteroatoms. The molecule has 22 N–H and O–H groups in total. The third-order valence-corrected chi connectivity index (χ3v) is 0.687. The number of nitrogens with two attached hydrogens (primary N) is 3. The Morgan fingerprint density at radius 1 is 0.245 bits per heavy atom. The van der Waals surface area contributed by atoms with Crippen LogP contribution in [0.25, 0.3) is 0 Å². The van der Waals surface area contributed by atoms with Gasteiger partial charge in [0.1, 0.15) is 0 Å².